The normalized spacial score (nSPS) is 10.7. The highest BCUT2D eigenvalue weighted by Crippen LogP contribution is 2.29. The Morgan fingerprint density at radius 1 is 0.939 bits per heavy atom. The van der Waals surface area contributed by atoms with Crippen molar-refractivity contribution in [2.24, 2.45) is 5.10 Å². The number of benzene rings is 3. The van der Waals surface area contributed by atoms with Crippen molar-refractivity contribution >= 4 is 57.2 Å². The Hall–Kier alpha value is -3.07. The number of carbonyl (C=O) groups excluding carboxylic acids is 2. The Morgan fingerprint density at radius 3 is 2.36 bits per heavy atom. The predicted octanol–water partition coefficient (Wildman–Crippen LogP) is 5.76. The SMILES string of the molecule is COc1ccc(C(=O)Oc2ccc(Br)cc2/C=N/NC(=O)c2ccc(Cl)cc2Cl)cc1OC. The molecule has 3 aromatic rings. The Balaban J connectivity index is 1.77. The largest absolute Gasteiger partial charge is 0.493 e. The van der Waals surface area contributed by atoms with E-state index in [0.29, 0.717) is 22.1 Å². The monoisotopic (exact) mass is 550 g/mol. The summed E-state index contributed by atoms with van der Waals surface area (Å²) in [5.74, 6) is -0.00707. The number of rotatable bonds is 7. The zero-order valence-electron chi connectivity index (χ0n) is 17.4. The standard InChI is InChI=1S/C23H17BrCl2N2O5/c1-31-20-7-3-13(10-21(20)32-2)23(30)33-19-8-4-15(24)9-14(19)12-27-28-22(29)17-6-5-16(25)11-18(17)26/h3-12H,1-2H3,(H,28,29)/b27-12+. The van der Waals surface area contributed by atoms with Gasteiger partial charge in [-0.3, -0.25) is 4.79 Å². The van der Waals surface area contributed by atoms with Gasteiger partial charge in [-0.1, -0.05) is 39.1 Å². The van der Waals surface area contributed by atoms with Gasteiger partial charge in [-0.05, 0) is 54.6 Å². The Bertz CT molecular complexity index is 1230. The van der Waals surface area contributed by atoms with E-state index in [1.54, 1.807) is 36.4 Å². The first kappa shape index (κ1) is 24.6. The van der Waals surface area contributed by atoms with Crippen LogP contribution in [0.2, 0.25) is 10.0 Å². The summed E-state index contributed by atoms with van der Waals surface area (Å²) >= 11 is 15.3. The molecule has 0 saturated carbocycles. The van der Waals surface area contributed by atoms with Gasteiger partial charge in [0.05, 0.1) is 36.6 Å². The molecule has 33 heavy (non-hydrogen) atoms. The third-order valence-corrected chi connectivity index (χ3v) is 5.38. The maximum Gasteiger partial charge on any atom is 0.343 e. The van der Waals surface area contributed by atoms with E-state index in [4.69, 9.17) is 37.4 Å². The van der Waals surface area contributed by atoms with Gasteiger partial charge in [-0.2, -0.15) is 5.10 Å². The molecule has 0 radical (unpaired) electrons. The van der Waals surface area contributed by atoms with Gasteiger partial charge in [0, 0.05) is 15.1 Å². The molecule has 0 bridgehead atoms. The van der Waals surface area contributed by atoms with Crippen LogP contribution >= 0.6 is 39.1 Å². The van der Waals surface area contributed by atoms with E-state index in [-0.39, 0.29) is 21.9 Å². The van der Waals surface area contributed by atoms with Crippen molar-refractivity contribution in [3.63, 3.8) is 0 Å². The molecule has 0 saturated heterocycles. The number of carbonyl (C=O) groups is 2. The quantitative estimate of drug-likeness (QED) is 0.175. The van der Waals surface area contributed by atoms with Crippen LogP contribution in [0.5, 0.6) is 17.2 Å². The number of nitrogens with one attached hydrogen (secondary N) is 1. The number of hydrogen-bond acceptors (Lipinski definition) is 6. The van der Waals surface area contributed by atoms with Crippen molar-refractivity contribution in [1.29, 1.82) is 0 Å². The predicted molar refractivity (Wildman–Crippen MR) is 130 cm³/mol. The third kappa shape index (κ3) is 6.25. The summed E-state index contributed by atoms with van der Waals surface area (Å²) in [6, 6.07) is 14.2. The number of hydrogen-bond donors (Lipinski definition) is 1. The summed E-state index contributed by atoms with van der Waals surface area (Å²) in [5.41, 5.74) is 3.31. The Morgan fingerprint density at radius 2 is 1.67 bits per heavy atom. The van der Waals surface area contributed by atoms with Gasteiger partial charge in [-0.25, -0.2) is 10.2 Å². The van der Waals surface area contributed by atoms with Gasteiger partial charge in [0.25, 0.3) is 5.91 Å². The molecule has 3 rings (SSSR count). The molecule has 0 heterocycles. The lowest BCUT2D eigenvalue weighted by atomic mass is 10.2. The summed E-state index contributed by atoms with van der Waals surface area (Å²) in [5, 5.41) is 4.56. The number of ether oxygens (including phenoxy) is 3. The van der Waals surface area contributed by atoms with Crippen LogP contribution in [0.3, 0.4) is 0 Å². The number of hydrazone groups is 1. The van der Waals surface area contributed by atoms with E-state index in [2.05, 4.69) is 26.5 Å². The van der Waals surface area contributed by atoms with Crippen molar-refractivity contribution in [2.45, 2.75) is 0 Å². The maximum atomic E-state index is 12.7. The fourth-order valence-corrected chi connectivity index (χ4v) is 3.60. The summed E-state index contributed by atoms with van der Waals surface area (Å²) < 4.78 is 16.7. The van der Waals surface area contributed by atoms with E-state index in [1.165, 1.54) is 38.6 Å². The molecule has 0 aliphatic carbocycles. The molecule has 0 aliphatic heterocycles. The van der Waals surface area contributed by atoms with Crippen molar-refractivity contribution in [3.8, 4) is 17.2 Å². The van der Waals surface area contributed by atoms with Crippen molar-refractivity contribution in [1.82, 2.24) is 5.43 Å². The molecule has 1 N–H and O–H groups in total. The highest BCUT2D eigenvalue weighted by atomic mass is 79.9. The van der Waals surface area contributed by atoms with Crippen LogP contribution in [0.15, 0.2) is 64.2 Å². The van der Waals surface area contributed by atoms with Crippen molar-refractivity contribution in [2.75, 3.05) is 14.2 Å². The average molecular weight is 552 g/mol. The van der Waals surface area contributed by atoms with Crippen molar-refractivity contribution in [3.05, 3.63) is 85.8 Å². The molecule has 7 nitrogen and oxygen atoms in total. The summed E-state index contributed by atoms with van der Waals surface area (Å²) in [7, 11) is 2.98. The molecule has 0 atom stereocenters. The van der Waals surface area contributed by atoms with Crippen molar-refractivity contribution < 1.29 is 23.8 Å². The van der Waals surface area contributed by atoms with Crippen LogP contribution < -0.4 is 19.6 Å². The minimum absolute atomic E-state index is 0.196. The molecule has 0 spiro atoms. The zero-order valence-corrected chi connectivity index (χ0v) is 20.5. The fraction of sp³-hybridized carbons (Fsp3) is 0.0870. The van der Waals surface area contributed by atoms with Crippen LogP contribution in [0.4, 0.5) is 0 Å². The van der Waals surface area contributed by atoms with Gasteiger partial charge >= 0.3 is 5.97 Å². The number of amides is 1. The van der Waals surface area contributed by atoms with E-state index in [0.717, 1.165) is 4.47 Å². The highest BCUT2D eigenvalue weighted by Gasteiger charge is 2.15. The van der Waals surface area contributed by atoms with Gasteiger partial charge < -0.3 is 14.2 Å². The molecule has 0 unspecified atom stereocenters. The van der Waals surface area contributed by atoms with Gasteiger partial charge in [0.1, 0.15) is 5.75 Å². The number of methoxy groups -OCH3 is 2. The smallest absolute Gasteiger partial charge is 0.343 e. The first-order chi connectivity index (χ1) is 15.8. The van der Waals surface area contributed by atoms with Gasteiger partial charge in [0.15, 0.2) is 11.5 Å². The minimum atomic E-state index is -0.607. The highest BCUT2D eigenvalue weighted by molar-refractivity contribution is 9.10. The molecule has 0 fully saturated rings. The lowest BCUT2D eigenvalue weighted by Gasteiger charge is -2.11. The molecule has 3 aromatic carbocycles. The second-order valence-corrected chi connectivity index (χ2v) is 8.22. The topological polar surface area (TPSA) is 86.2 Å². The number of nitrogens with zero attached hydrogens (tertiary/aromatic N) is 1. The van der Waals surface area contributed by atoms with E-state index < -0.39 is 11.9 Å². The first-order valence-corrected chi connectivity index (χ1v) is 10.9. The summed E-state index contributed by atoms with van der Waals surface area (Å²) in [6.07, 6.45) is 1.35. The van der Waals surface area contributed by atoms with Crippen LogP contribution in [-0.4, -0.2) is 32.3 Å². The molecular formula is C23H17BrCl2N2O5. The summed E-state index contributed by atoms with van der Waals surface area (Å²) in [4.78, 5) is 25.0. The second kappa shape index (κ2) is 11.2. The maximum absolute atomic E-state index is 12.7. The van der Waals surface area contributed by atoms with E-state index in [1.807, 2.05) is 0 Å². The molecule has 0 aromatic heterocycles. The third-order valence-electron chi connectivity index (χ3n) is 4.34. The van der Waals surface area contributed by atoms with Crippen LogP contribution in [0, 0.1) is 0 Å². The number of halogens is 3. The molecule has 10 heteroatoms. The average Bonchev–Trinajstić information content (AvgIpc) is 2.80. The van der Waals surface area contributed by atoms with Gasteiger partial charge in [-0.15, -0.1) is 0 Å². The second-order valence-electron chi connectivity index (χ2n) is 6.46. The molecule has 170 valence electrons. The Kier molecular flexibility index (Phi) is 8.32. The minimum Gasteiger partial charge on any atom is -0.493 e. The van der Waals surface area contributed by atoms with E-state index in [9.17, 15) is 9.59 Å². The molecule has 0 aliphatic rings. The molecular weight excluding hydrogens is 535 g/mol. The lowest BCUT2D eigenvalue weighted by Crippen LogP contribution is -2.18. The van der Waals surface area contributed by atoms with Crippen LogP contribution in [-0.2, 0) is 0 Å². The Labute approximate surface area is 208 Å². The van der Waals surface area contributed by atoms with E-state index >= 15 is 0 Å². The number of esters is 1. The fourth-order valence-electron chi connectivity index (χ4n) is 2.73. The van der Waals surface area contributed by atoms with Crippen LogP contribution in [0.25, 0.3) is 0 Å². The molecule has 1 amide bonds. The lowest BCUT2D eigenvalue weighted by molar-refractivity contribution is 0.0733. The summed E-state index contributed by atoms with van der Waals surface area (Å²) in [6.45, 7) is 0. The first-order valence-electron chi connectivity index (χ1n) is 9.34. The zero-order chi connectivity index (χ0) is 24.0. The van der Waals surface area contributed by atoms with Crippen LogP contribution in [0.1, 0.15) is 26.3 Å². The van der Waals surface area contributed by atoms with Gasteiger partial charge in [0.2, 0.25) is 0 Å².